The Labute approximate surface area is 199 Å². The number of nitrogens with one attached hydrogen (secondary N) is 3. The molecule has 0 spiro atoms. The largest absolute Gasteiger partial charge is 0.332 e. The van der Waals surface area contributed by atoms with Crippen LogP contribution in [0.4, 0.5) is 17.1 Å². The van der Waals surface area contributed by atoms with Crippen molar-refractivity contribution in [3.8, 4) is 0 Å². The maximum atomic E-state index is 12.6. The molecule has 0 heterocycles. The van der Waals surface area contributed by atoms with Crippen LogP contribution in [0, 0.1) is 0 Å². The van der Waals surface area contributed by atoms with Crippen LogP contribution in [0.5, 0.6) is 0 Å². The SMILES string of the molecule is O=S(=O)(Nc1cc(Cl)cc(Cl)c1)c1ccc(NC(=S)Nc2ccc(Cl)c(Cl)c2)cc1. The molecule has 30 heavy (non-hydrogen) atoms. The molecular formula is C19H13Cl4N3O2S2. The number of thiocarbonyl (C=S) groups is 1. The summed E-state index contributed by atoms with van der Waals surface area (Å²) in [5.74, 6) is 0. The fourth-order valence-electron chi connectivity index (χ4n) is 2.41. The Bertz CT molecular complexity index is 1180. The van der Waals surface area contributed by atoms with Gasteiger partial charge in [-0.2, -0.15) is 0 Å². The lowest BCUT2D eigenvalue weighted by molar-refractivity contribution is 0.601. The molecule has 0 aliphatic rings. The molecule has 0 saturated heterocycles. The van der Waals surface area contributed by atoms with E-state index in [1.54, 1.807) is 30.3 Å². The second kappa shape index (κ2) is 9.60. The molecule has 3 aromatic rings. The zero-order chi connectivity index (χ0) is 21.9. The highest BCUT2D eigenvalue weighted by molar-refractivity contribution is 7.92. The smallest absolute Gasteiger partial charge is 0.261 e. The molecule has 0 radical (unpaired) electrons. The first-order valence-electron chi connectivity index (χ1n) is 8.24. The lowest BCUT2D eigenvalue weighted by Crippen LogP contribution is -2.19. The monoisotopic (exact) mass is 519 g/mol. The Morgan fingerprint density at radius 3 is 1.87 bits per heavy atom. The molecule has 0 aromatic heterocycles. The average Bonchev–Trinajstić information content (AvgIpc) is 2.64. The third-order valence-electron chi connectivity index (χ3n) is 3.71. The van der Waals surface area contributed by atoms with Crippen LogP contribution >= 0.6 is 58.6 Å². The first kappa shape index (κ1) is 22.9. The molecule has 0 amide bonds. The van der Waals surface area contributed by atoms with Gasteiger partial charge in [-0.3, -0.25) is 4.72 Å². The Morgan fingerprint density at radius 1 is 0.700 bits per heavy atom. The van der Waals surface area contributed by atoms with E-state index in [4.69, 9.17) is 58.6 Å². The molecule has 0 unspecified atom stereocenters. The molecule has 0 aliphatic carbocycles. The van der Waals surface area contributed by atoms with E-state index in [1.807, 2.05) is 0 Å². The summed E-state index contributed by atoms with van der Waals surface area (Å²) in [5, 5.41) is 7.71. The van der Waals surface area contributed by atoms with Crippen LogP contribution in [-0.4, -0.2) is 13.5 Å². The van der Waals surface area contributed by atoms with Crippen molar-refractivity contribution < 1.29 is 8.42 Å². The van der Waals surface area contributed by atoms with E-state index in [1.165, 1.54) is 30.3 Å². The van der Waals surface area contributed by atoms with Crippen molar-refractivity contribution >= 4 is 90.8 Å². The molecule has 5 nitrogen and oxygen atoms in total. The Morgan fingerprint density at radius 2 is 1.27 bits per heavy atom. The van der Waals surface area contributed by atoms with Gasteiger partial charge < -0.3 is 10.6 Å². The molecule has 3 N–H and O–H groups in total. The standard InChI is InChI=1S/C19H13Cl4N3O2S2/c20-11-7-12(21)9-15(8-11)26-30(27,28)16-4-1-13(2-5-16)24-19(29)25-14-3-6-17(22)18(23)10-14/h1-10,26H,(H2,24,25,29). The van der Waals surface area contributed by atoms with E-state index >= 15 is 0 Å². The molecule has 3 rings (SSSR count). The van der Waals surface area contributed by atoms with Gasteiger partial charge >= 0.3 is 0 Å². The fraction of sp³-hybridized carbons (Fsp3) is 0. The minimum atomic E-state index is -3.82. The Hall–Kier alpha value is -1.74. The second-order valence-corrected chi connectivity index (χ2v) is 9.77. The molecule has 0 bridgehead atoms. The number of sulfonamides is 1. The number of hydrogen-bond acceptors (Lipinski definition) is 3. The third kappa shape index (κ3) is 6.14. The third-order valence-corrected chi connectivity index (χ3v) is 6.49. The predicted octanol–water partition coefficient (Wildman–Crippen LogP) is 6.91. The summed E-state index contributed by atoms with van der Waals surface area (Å²) in [7, 11) is -3.82. The second-order valence-electron chi connectivity index (χ2n) is 6.00. The fourth-order valence-corrected chi connectivity index (χ4v) is 4.51. The molecule has 0 atom stereocenters. The molecule has 11 heteroatoms. The van der Waals surface area contributed by atoms with E-state index < -0.39 is 10.0 Å². The van der Waals surface area contributed by atoms with Gasteiger partial charge in [-0.1, -0.05) is 46.4 Å². The highest BCUT2D eigenvalue weighted by Gasteiger charge is 2.15. The van der Waals surface area contributed by atoms with E-state index in [2.05, 4.69) is 15.4 Å². The highest BCUT2D eigenvalue weighted by atomic mass is 35.5. The summed E-state index contributed by atoms with van der Waals surface area (Å²) >= 11 is 28.9. The number of anilines is 3. The van der Waals surface area contributed by atoms with Gasteiger partial charge in [0, 0.05) is 21.4 Å². The summed E-state index contributed by atoms with van der Waals surface area (Å²) in [6, 6.07) is 15.5. The Balaban J connectivity index is 1.67. The van der Waals surface area contributed by atoms with Crippen LogP contribution in [0.3, 0.4) is 0 Å². The van der Waals surface area contributed by atoms with Gasteiger partial charge in [-0.15, -0.1) is 0 Å². The first-order chi connectivity index (χ1) is 14.1. The maximum Gasteiger partial charge on any atom is 0.261 e. The summed E-state index contributed by atoms with van der Waals surface area (Å²) in [6.45, 7) is 0. The maximum absolute atomic E-state index is 12.6. The van der Waals surface area contributed by atoms with Gasteiger partial charge in [0.25, 0.3) is 10.0 Å². The summed E-state index contributed by atoms with van der Waals surface area (Å²) in [4.78, 5) is 0.0625. The number of halogens is 4. The van der Waals surface area contributed by atoms with Crippen LogP contribution in [0.15, 0.2) is 65.6 Å². The topological polar surface area (TPSA) is 70.2 Å². The molecule has 3 aromatic carbocycles. The summed E-state index contributed by atoms with van der Waals surface area (Å²) in [5.41, 5.74) is 1.52. The minimum absolute atomic E-state index is 0.0625. The van der Waals surface area contributed by atoms with E-state index in [-0.39, 0.29) is 10.6 Å². The van der Waals surface area contributed by atoms with Gasteiger partial charge in [-0.25, -0.2) is 8.42 Å². The number of rotatable bonds is 5. The number of hydrogen-bond donors (Lipinski definition) is 3. The highest BCUT2D eigenvalue weighted by Crippen LogP contribution is 2.26. The molecule has 156 valence electrons. The zero-order valence-corrected chi connectivity index (χ0v) is 19.6. The zero-order valence-electron chi connectivity index (χ0n) is 14.9. The van der Waals surface area contributed by atoms with Crippen LogP contribution in [0.1, 0.15) is 0 Å². The van der Waals surface area contributed by atoms with Crippen LogP contribution in [0.2, 0.25) is 20.1 Å². The van der Waals surface area contributed by atoms with Crippen molar-refractivity contribution in [3.63, 3.8) is 0 Å². The van der Waals surface area contributed by atoms with Crippen LogP contribution in [0.25, 0.3) is 0 Å². The van der Waals surface area contributed by atoms with Crippen LogP contribution < -0.4 is 15.4 Å². The van der Waals surface area contributed by atoms with Crippen molar-refractivity contribution in [2.24, 2.45) is 0 Å². The first-order valence-corrected chi connectivity index (χ1v) is 11.6. The molecule has 0 fully saturated rings. The van der Waals surface area contributed by atoms with E-state index in [9.17, 15) is 8.42 Å². The number of benzene rings is 3. The van der Waals surface area contributed by atoms with Crippen molar-refractivity contribution in [2.75, 3.05) is 15.4 Å². The quantitative estimate of drug-likeness (QED) is 0.319. The van der Waals surface area contributed by atoms with Crippen molar-refractivity contribution in [2.45, 2.75) is 4.90 Å². The van der Waals surface area contributed by atoms with Gasteiger partial charge in [-0.05, 0) is 72.9 Å². The van der Waals surface area contributed by atoms with Gasteiger partial charge in [0.15, 0.2) is 5.11 Å². The molecular weight excluding hydrogens is 508 g/mol. The predicted molar refractivity (Wildman–Crippen MR) is 130 cm³/mol. The van der Waals surface area contributed by atoms with Gasteiger partial charge in [0.2, 0.25) is 0 Å². The van der Waals surface area contributed by atoms with Gasteiger partial charge in [0.05, 0.1) is 20.6 Å². The van der Waals surface area contributed by atoms with Crippen molar-refractivity contribution in [3.05, 3.63) is 80.8 Å². The average molecular weight is 521 g/mol. The van der Waals surface area contributed by atoms with Crippen LogP contribution in [-0.2, 0) is 10.0 Å². The summed E-state index contributed by atoms with van der Waals surface area (Å²) in [6.07, 6.45) is 0. The van der Waals surface area contributed by atoms with Crippen molar-refractivity contribution in [1.82, 2.24) is 0 Å². The summed E-state index contributed by atoms with van der Waals surface area (Å²) < 4.78 is 27.6. The molecule has 0 saturated carbocycles. The molecule has 0 aliphatic heterocycles. The lowest BCUT2D eigenvalue weighted by Gasteiger charge is -2.12. The van der Waals surface area contributed by atoms with E-state index in [0.29, 0.717) is 36.6 Å². The van der Waals surface area contributed by atoms with E-state index in [0.717, 1.165) is 0 Å². The minimum Gasteiger partial charge on any atom is -0.332 e. The lowest BCUT2D eigenvalue weighted by atomic mass is 10.3. The van der Waals surface area contributed by atoms with Gasteiger partial charge in [0.1, 0.15) is 0 Å². The normalized spacial score (nSPS) is 11.1. The van der Waals surface area contributed by atoms with Crippen molar-refractivity contribution in [1.29, 1.82) is 0 Å². The Kier molecular flexibility index (Phi) is 7.34.